The first-order valence-electron chi connectivity index (χ1n) is 4.91. The van der Waals surface area contributed by atoms with Crippen LogP contribution in [-0.2, 0) is 6.54 Å². The summed E-state index contributed by atoms with van der Waals surface area (Å²) in [6.07, 6.45) is 0. The molecule has 1 heterocycles. The minimum atomic E-state index is 0.691. The molecule has 0 bridgehead atoms. The number of nitrogens with zero attached hydrogens (tertiary/aromatic N) is 2. The maximum Gasteiger partial charge on any atom is 0.127 e. The average Bonchev–Trinajstić information content (AvgIpc) is 2.49. The van der Waals surface area contributed by atoms with Crippen molar-refractivity contribution in [2.24, 2.45) is 0 Å². The molecule has 78 valence electrons. The van der Waals surface area contributed by atoms with E-state index in [1.807, 2.05) is 29.8 Å². The molecule has 2 aromatic rings. The normalized spacial score (nSPS) is 10.6. The van der Waals surface area contributed by atoms with Gasteiger partial charge in [0.05, 0.1) is 12.2 Å². The van der Waals surface area contributed by atoms with Gasteiger partial charge in [0.1, 0.15) is 5.15 Å². The van der Waals surface area contributed by atoms with Crippen molar-refractivity contribution < 1.29 is 0 Å². The van der Waals surface area contributed by atoms with Crippen molar-refractivity contribution >= 4 is 11.6 Å². The summed E-state index contributed by atoms with van der Waals surface area (Å²) in [5.41, 5.74) is 3.47. The predicted molar refractivity (Wildman–Crippen MR) is 62.3 cm³/mol. The summed E-state index contributed by atoms with van der Waals surface area (Å²) >= 11 is 6.05. The zero-order valence-electron chi connectivity index (χ0n) is 8.87. The Balaban J connectivity index is 2.29. The first-order chi connectivity index (χ1) is 7.16. The van der Waals surface area contributed by atoms with Gasteiger partial charge in [-0.3, -0.25) is 0 Å². The van der Waals surface area contributed by atoms with Gasteiger partial charge < -0.3 is 0 Å². The quantitative estimate of drug-likeness (QED) is 0.760. The van der Waals surface area contributed by atoms with E-state index in [0.717, 1.165) is 12.2 Å². The number of halogens is 1. The van der Waals surface area contributed by atoms with E-state index in [-0.39, 0.29) is 0 Å². The van der Waals surface area contributed by atoms with Gasteiger partial charge in [-0.05, 0) is 31.0 Å². The van der Waals surface area contributed by atoms with Gasteiger partial charge in [0.2, 0.25) is 0 Å². The lowest BCUT2D eigenvalue weighted by molar-refractivity contribution is 0.678. The molecule has 0 unspecified atom stereocenters. The Labute approximate surface area is 94.5 Å². The predicted octanol–water partition coefficient (Wildman–Crippen LogP) is 3.20. The van der Waals surface area contributed by atoms with Gasteiger partial charge in [-0.15, -0.1) is 0 Å². The van der Waals surface area contributed by atoms with Crippen LogP contribution in [0.4, 0.5) is 0 Å². The van der Waals surface area contributed by atoms with Crippen molar-refractivity contribution in [1.82, 2.24) is 9.78 Å². The van der Waals surface area contributed by atoms with Crippen LogP contribution in [0.1, 0.15) is 16.8 Å². The number of aromatic nitrogens is 2. The van der Waals surface area contributed by atoms with E-state index < -0.39 is 0 Å². The molecular formula is C12H13ClN2. The topological polar surface area (TPSA) is 17.8 Å². The number of benzene rings is 1. The molecule has 0 aliphatic heterocycles. The van der Waals surface area contributed by atoms with E-state index in [0.29, 0.717) is 5.15 Å². The Morgan fingerprint density at radius 2 is 2.00 bits per heavy atom. The van der Waals surface area contributed by atoms with Crippen LogP contribution < -0.4 is 0 Å². The number of rotatable bonds is 2. The molecule has 1 aromatic carbocycles. The molecule has 0 spiro atoms. The highest BCUT2D eigenvalue weighted by molar-refractivity contribution is 6.29. The van der Waals surface area contributed by atoms with Crippen molar-refractivity contribution in [3.05, 3.63) is 52.3 Å². The zero-order valence-corrected chi connectivity index (χ0v) is 9.62. The van der Waals surface area contributed by atoms with Crippen molar-refractivity contribution in [2.45, 2.75) is 20.4 Å². The second kappa shape index (κ2) is 4.07. The average molecular weight is 221 g/mol. The van der Waals surface area contributed by atoms with Crippen molar-refractivity contribution in [3.8, 4) is 0 Å². The molecule has 0 fully saturated rings. The summed E-state index contributed by atoms with van der Waals surface area (Å²) < 4.78 is 1.82. The number of hydrogen-bond donors (Lipinski definition) is 0. The third-order valence-corrected chi connectivity index (χ3v) is 2.74. The van der Waals surface area contributed by atoms with Crippen LogP contribution in [-0.4, -0.2) is 9.78 Å². The minimum absolute atomic E-state index is 0.691. The molecule has 0 atom stereocenters. The highest BCUT2D eigenvalue weighted by Crippen LogP contribution is 2.14. The molecular weight excluding hydrogens is 208 g/mol. The monoisotopic (exact) mass is 220 g/mol. The summed E-state index contributed by atoms with van der Waals surface area (Å²) in [5, 5.41) is 5.02. The first-order valence-corrected chi connectivity index (χ1v) is 5.29. The van der Waals surface area contributed by atoms with Crippen LogP contribution in [0.3, 0.4) is 0 Å². The second-order valence-corrected chi connectivity index (χ2v) is 4.08. The second-order valence-electron chi connectivity index (χ2n) is 3.69. The molecule has 0 saturated heterocycles. The maximum atomic E-state index is 6.05. The Hall–Kier alpha value is -1.28. The number of hydrogen-bond acceptors (Lipinski definition) is 1. The molecule has 2 rings (SSSR count). The van der Waals surface area contributed by atoms with Gasteiger partial charge in [0, 0.05) is 0 Å². The first kappa shape index (κ1) is 10.2. The molecule has 0 radical (unpaired) electrons. The van der Waals surface area contributed by atoms with Gasteiger partial charge in [-0.2, -0.15) is 5.10 Å². The number of aryl methyl sites for hydroxylation is 2. The van der Waals surface area contributed by atoms with E-state index in [2.05, 4.69) is 24.2 Å². The fourth-order valence-corrected chi connectivity index (χ4v) is 1.83. The largest absolute Gasteiger partial charge is 0.249 e. The molecule has 0 saturated carbocycles. The van der Waals surface area contributed by atoms with Crippen molar-refractivity contribution in [3.63, 3.8) is 0 Å². The molecule has 0 aliphatic rings. The molecule has 3 heteroatoms. The molecule has 0 amide bonds. The third kappa shape index (κ3) is 2.21. The molecule has 0 N–H and O–H groups in total. The molecule has 1 aromatic heterocycles. The van der Waals surface area contributed by atoms with Crippen molar-refractivity contribution in [1.29, 1.82) is 0 Å². The lowest BCUT2D eigenvalue weighted by Crippen LogP contribution is -2.03. The fraction of sp³-hybridized carbons (Fsp3) is 0.250. The Bertz CT molecular complexity index is 474. The van der Waals surface area contributed by atoms with Gasteiger partial charge in [-0.1, -0.05) is 35.9 Å². The van der Waals surface area contributed by atoms with E-state index >= 15 is 0 Å². The van der Waals surface area contributed by atoms with Crippen LogP contribution >= 0.6 is 11.6 Å². The lowest BCUT2D eigenvalue weighted by Gasteiger charge is -2.06. The van der Waals surface area contributed by atoms with Gasteiger partial charge in [0.15, 0.2) is 0 Å². The van der Waals surface area contributed by atoms with E-state index in [1.54, 1.807) is 0 Å². The summed E-state index contributed by atoms with van der Waals surface area (Å²) in [6.45, 7) is 4.78. The van der Waals surface area contributed by atoms with E-state index in [1.165, 1.54) is 11.1 Å². The van der Waals surface area contributed by atoms with Crippen LogP contribution in [0.15, 0.2) is 30.3 Å². The summed E-state index contributed by atoms with van der Waals surface area (Å²) in [5.74, 6) is 0. The standard InChI is InChI=1S/C12H13ClN2/c1-9-5-3-4-6-11(9)8-15-12(13)7-10(2)14-15/h3-7H,8H2,1-2H3. The fourth-order valence-electron chi connectivity index (χ4n) is 1.57. The highest BCUT2D eigenvalue weighted by Gasteiger charge is 2.04. The lowest BCUT2D eigenvalue weighted by atomic mass is 10.1. The Kier molecular flexibility index (Phi) is 2.78. The SMILES string of the molecule is Cc1cc(Cl)n(Cc2ccccc2C)n1. The molecule has 15 heavy (non-hydrogen) atoms. The van der Waals surface area contributed by atoms with Crippen molar-refractivity contribution in [2.75, 3.05) is 0 Å². The molecule has 2 nitrogen and oxygen atoms in total. The van der Waals surface area contributed by atoms with Gasteiger partial charge in [-0.25, -0.2) is 4.68 Å². The smallest absolute Gasteiger partial charge is 0.127 e. The minimum Gasteiger partial charge on any atom is -0.249 e. The Morgan fingerprint density at radius 3 is 2.60 bits per heavy atom. The van der Waals surface area contributed by atoms with Crippen LogP contribution in [0.5, 0.6) is 0 Å². The van der Waals surface area contributed by atoms with E-state index in [4.69, 9.17) is 11.6 Å². The van der Waals surface area contributed by atoms with E-state index in [9.17, 15) is 0 Å². The summed E-state index contributed by atoms with van der Waals surface area (Å²) in [4.78, 5) is 0. The highest BCUT2D eigenvalue weighted by atomic mass is 35.5. The van der Waals surface area contributed by atoms with Gasteiger partial charge >= 0.3 is 0 Å². The zero-order chi connectivity index (χ0) is 10.8. The maximum absolute atomic E-state index is 6.05. The van der Waals surface area contributed by atoms with Crippen LogP contribution in [0.25, 0.3) is 0 Å². The summed E-state index contributed by atoms with van der Waals surface area (Å²) in [7, 11) is 0. The van der Waals surface area contributed by atoms with Gasteiger partial charge in [0.25, 0.3) is 0 Å². The Morgan fingerprint density at radius 1 is 1.27 bits per heavy atom. The van der Waals surface area contributed by atoms with Crippen LogP contribution in [0, 0.1) is 13.8 Å². The summed E-state index contributed by atoms with van der Waals surface area (Å²) in [6, 6.07) is 10.1. The molecule has 0 aliphatic carbocycles. The van der Waals surface area contributed by atoms with Crippen LogP contribution in [0.2, 0.25) is 5.15 Å². The third-order valence-electron chi connectivity index (χ3n) is 2.43.